The first kappa shape index (κ1) is 10.7. The fourth-order valence-electron chi connectivity index (χ4n) is 0.886. The minimum atomic E-state index is -0.203. The lowest BCUT2D eigenvalue weighted by Gasteiger charge is -1.97. The number of benzene rings is 1. The summed E-state index contributed by atoms with van der Waals surface area (Å²) in [7, 11) is 0. The zero-order valence-corrected chi connectivity index (χ0v) is 8.24. The van der Waals surface area contributed by atoms with Crippen LogP contribution in [0.3, 0.4) is 0 Å². The molecule has 3 nitrogen and oxygen atoms in total. The second kappa shape index (κ2) is 4.72. The summed E-state index contributed by atoms with van der Waals surface area (Å²) in [6.45, 7) is 0. The maximum atomic E-state index is 10.9. The molecular formula is C10H10O3S. The normalized spacial score (nSPS) is 10.6. The van der Waals surface area contributed by atoms with Gasteiger partial charge >= 0.3 is 0 Å². The summed E-state index contributed by atoms with van der Waals surface area (Å²) in [5, 5.41) is 18.2. The van der Waals surface area contributed by atoms with Crippen LogP contribution >= 0.6 is 12.6 Å². The summed E-state index contributed by atoms with van der Waals surface area (Å²) in [6, 6.07) is 4.33. The lowest BCUT2D eigenvalue weighted by atomic mass is 10.2. The van der Waals surface area contributed by atoms with Crippen LogP contribution in [-0.4, -0.2) is 21.7 Å². The van der Waals surface area contributed by atoms with Gasteiger partial charge in [-0.3, -0.25) is 4.79 Å². The molecule has 0 unspecified atom stereocenters. The smallest absolute Gasteiger partial charge is 0.165 e. The van der Waals surface area contributed by atoms with Gasteiger partial charge in [-0.15, -0.1) is 0 Å². The van der Waals surface area contributed by atoms with Gasteiger partial charge in [-0.1, -0.05) is 12.1 Å². The summed E-state index contributed by atoms with van der Waals surface area (Å²) in [4.78, 5) is 10.9. The Morgan fingerprint density at radius 1 is 1.36 bits per heavy atom. The average Bonchev–Trinajstić information content (AvgIpc) is 2.19. The Bertz CT molecular complexity index is 372. The Balaban J connectivity index is 2.83. The third-order valence-corrected chi connectivity index (χ3v) is 1.93. The van der Waals surface area contributed by atoms with E-state index in [1.165, 1.54) is 18.2 Å². The predicted molar refractivity (Wildman–Crippen MR) is 57.7 cm³/mol. The van der Waals surface area contributed by atoms with Gasteiger partial charge in [-0.05, 0) is 23.8 Å². The van der Waals surface area contributed by atoms with Crippen molar-refractivity contribution in [1.29, 1.82) is 0 Å². The van der Waals surface area contributed by atoms with E-state index in [1.807, 2.05) is 0 Å². The Kier molecular flexibility index (Phi) is 3.59. The molecule has 1 rings (SSSR count). The molecule has 0 fully saturated rings. The number of ketones is 1. The predicted octanol–water partition coefficient (Wildman–Crippen LogP) is 1.61. The average molecular weight is 210 g/mol. The topological polar surface area (TPSA) is 57.5 Å². The van der Waals surface area contributed by atoms with Gasteiger partial charge in [0.15, 0.2) is 17.3 Å². The number of carbonyl (C=O) groups excluding carboxylic acids is 1. The fraction of sp³-hybridized carbons (Fsp3) is 0.100. The molecule has 0 heterocycles. The van der Waals surface area contributed by atoms with Crippen LogP contribution in [0.1, 0.15) is 5.56 Å². The molecule has 4 heteroatoms. The molecule has 1 aromatic rings. The highest BCUT2D eigenvalue weighted by Crippen LogP contribution is 2.25. The highest BCUT2D eigenvalue weighted by molar-refractivity contribution is 7.81. The van der Waals surface area contributed by atoms with Crippen LogP contribution in [0.2, 0.25) is 0 Å². The van der Waals surface area contributed by atoms with Crippen LogP contribution < -0.4 is 0 Å². The molecular weight excluding hydrogens is 200 g/mol. The molecule has 0 radical (unpaired) electrons. The van der Waals surface area contributed by atoms with Gasteiger partial charge in [0.2, 0.25) is 0 Å². The number of carbonyl (C=O) groups is 1. The van der Waals surface area contributed by atoms with Crippen molar-refractivity contribution >= 4 is 24.5 Å². The third kappa shape index (κ3) is 2.81. The van der Waals surface area contributed by atoms with Crippen molar-refractivity contribution in [1.82, 2.24) is 0 Å². The number of phenols is 2. The second-order valence-electron chi connectivity index (χ2n) is 2.71. The number of phenolic OH excluding ortho intramolecular Hbond substituents is 2. The van der Waals surface area contributed by atoms with Gasteiger partial charge in [0.1, 0.15) is 0 Å². The quantitative estimate of drug-likeness (QED) is 0.403. The first-order valence-electron chi connectivity index (χ1n) is 3.97. The van der Waals surface area contributed by atoms with Crippen molar-refractivity contribution in [3.05, 3.63) is 29.8 Å². The summed E-state index contributed by atoms with van der Waals surface area (Å²) < 4.78 is 0. The van der Waals surface area contributed by atoms with E-state index < -0.39 is 0 Å². The fourth-order valence-corrected chi connectivity index (χ4v) is 0.991. The monoisotopic (exact) mass is 210 g/mol. The van der Waals surface area contributed by atoms with Gasteiger partial charge in [0.05, 0.1) is 5.75 Å². The van der Waals surface area contributed by atoms with E-state index in [0.29, 0.717) is 5.56 Å². The molecule has 2 N–H and O–H groups in total. The molecule has 0 saturated carbocycles. The van der Waals surface area contributed by atoms with Crippen molar-refractivity contribution < 1.29 is 15.0 Å². The van der Waals surface area contributed by atoms with E-state index in [1.54, 1.807) is 12.1 Å². The zero-order valence-electron chi connectivity index (χ0n) is 7.34. The number of hydrogen-bond donors (Lipinski definition) is 3. The first-order valence-corrected chi connectivity index (χ1v) is 4.60. The highest BCUT2D eigenvalue weighted by Gasteiger charge is 1.98. The molecule has 1 aromatic carbocycles. The van der Waals surface area contributed by atoms with E-state index in [9.17, 15) is 4.79 Å². The van der Waals surface area contributed by atoms with Crippen LogP contribution in [0.25, 0.3) is 6.08 Å². The molecule has 0 atom stereocenters. The van der Waals surface area contributed by atoms with E-state index in [-0.39, 0.29) is 23.0 Å². The molecule has 0 aromatic heterocycles. The number of hydrogen-bond acceptors (Lipinski definition) is 4. The van der Waals surface area contributed by atoms with E-state index in [0.717, 1.165) is 0 Å². The largest absolute Gasteiger partial charge is 0.504 e. The van der Waals surface area contributed by atoms with Crippen molar-refractivity contribution in [2.45, 2.75) is 0 Å². The van der Waals surface area contributed by atoms with Gasteiger partial charge in [-0.25, -0.2) is 0 Å². The van der Waals surface area contributed by atoms with Crippen molar-refractivity contribution in [3.63, 3.8) is 0 Å². The Hall–Kier alpha value is -1.42. The minimum Gasteiger partial charge on any atom is -0.504 e. The van der Waals surface area contributed by atoms with Crippen molar-refractivity contribution in [2.24, 2.45) is 0 Å². The van der Waals surface area contributed by atoms with Crippen LogP contribution in [-0.2, 0) is 4.79 Å². The second-order valence-corrected chi connectivity index (χ2v) is 3.02. The number of thiol groups is 1. The highest BCUT2D eigenvalue weighted by atomic mass is 32.1. The maximum Gasteiger partial charge on any atom is 0.165 e. The van der Waals surface area contributed by atoms with Crippen molar-refractivity contribution in [3.8, 4) is 11.5 Å². The molecule has 14 heavy (non-hydrogen) atoms. The van der Waals surface area contributed by atoms with Gasteiger partial charge in [-0.2, -0.15) is 12.6 Å². The van der Waals surface area contributed by atoms with Gasteiger partial charge in [0, 0.05) is 0 Å². The van der Waals surface area contributed by atoms with E-state index in [2.05, 4.69) is 12.6 Å². The molecule has 74 valence electrons. The van der Waals surface area contributed by atoms with Crippen LogP contribution in [0.15, 0.2) is 24.3 Å². The molecule has 0 aliphatic heterocycles. The van der Waals surface area contributed by atoms with Crippen LogP contribution in [0, 0.1) is 0 Å². The molecule has 0 amide bonds. The molecule has 0 saturated heterocycles. The van der Waals surface area contributed by atoms with E-state index in [4.69, 9.17) is 10.2 Å². The summed E-state index contributed by atoms with van der Waals surface area (Å²) in [6.07, 6.45) is 2.93. The molecule has 0 aliphatic rings. The number of aromatic hydroxyl groups is 2. The summed E-state index contributed by atoms with van der Waals surface area (Å²) >= 11 is 3.81. The van der Waals surface area contributed by atoms with Crippen LogP contribution in [0.4, 0.5) is 0 Å². The van der Waals surface area contributed by atoms with Crippen molar-refractivity contribution in [2.75, 3.05) is 5.75 Å². The first-order chi connectivity index (χ1) is 6.63. The molecule has 0 bridgehead atoms. The summed E-state index contributed by atoms with van der Waals surface area (Å²) in [5.74, 6) is -0.338. The summed E-state index contributed by atoms with van der Waals surface area (Å²) in [5.41, 5.74) is 0.649. The van der Waals surface area contributed by atoms with Gasteiger partial charge in [0.25, 0.3) is 0 Å². The molecule has 0 spiro atoms. The Labute approximate surface area is 87.1 Å². The van der Waals surface area contributed by atoms with Gasteiger partial charge < -0.3 is 10.2 Å². The third-order valence-electron chi connectivity index (χ3n) is 1.62. The number of rotatable bonds is 3. The lowest BCUT2D eigenvalue weighted by Crippen LogP contribution is -1.91. The Morgan fingerprint density at radius 3 is 2.64 bits per heavy atom. The molecule has 0 aliphatic carbocycles. The zero-order chi connectivity index (χ0) is 10.6. The standard InChI is InChI=1S/C10H10O3S/c11-8(6-14)3-1-7-2-4-9(12)10(13)5-7/h1-5,12-14H,6H2/b3-1+. The van der Waals surface area contributed by atoms with E-state index >= 15 is 0 Å². The Morgan fingerprint density at radius 2 is 2.07 bits per heavy atom. The number of allylic oxidation sites excluding steroid dienone is 1. The minimum absolute atomic E-state index is 0.110. The van der Waals surface area contributed by atoms with Crippen LogP contribution in [0.5, 0.6) is 11.5 Å². The SMILES string of the molecule is O=C(/C=C/c1ccc(O)c(O)c1)CS. The lowest BCUT2D eigenvalue weighted by molar-refractivity contribution is -0.112. The maximum absolute atomic E-state index is 10.9.